The lowest BCUT2D eigenvalue weighted by Crippen LogP contribution is -2.44. The van der Waals surface area contributed by atoms with E-state index in [1.54, 1.807) is 0 Å². The van der Waals surface area contributed by atoms with Crippen molar-refractivity contribution >= 4 is 5.91 Å². The van der Waals surface area contributed by atoms with E-state index in [-0.39, 0.29) is 11.9 Å². The molecule has 1 amide bonds. The fraction of sp³-hybridized carbons (Fsp3) is 0.643. The molecule has 18 heavy (non-hydrogen) atoms. The van der Waals surface area contributed by atoms with Crippen LogP contribution in [0.25, 0.3) is 0 Å². The zero-order valence-corrected chi connectivity index (χ0v) is 11.2. The van der Waals surface area contributed by atoms with Gasteiger partial charge in [0.2, 0.25) is 5.91 Å². The first-order chi connectivity index (χ1) is 8.66. The van der Waals surface area contributed by atoms with Crippen molar-refractivity contribution in [1.29, 1.82) is 0 Å². The highest BCUT2D eigenvalue weighted by Crippen LogP contribution is 2.15. The molecule has 1 N–H and O–H groups in total. The molecule has 0 saturated carbocycles. The average molecular weight is 250 g/mol. The largest absolute Gasteiger partial charge is 0.465 e. The van der Waals surface area contributed by atoms with E-state index in [9.17, 15) is 4.79 Å². The predicted molar refractivity (Wildman–Crippen MR) is 70.2 cm³/mol. The summed E-state index contributed by atoms with van der Waals surface area (Å²) in [5, 5.41) is 2.97. The van der Waals surface area contributed by atoms with Crippen molar-refractivity contribution in [3.8, 4) is 0 Å². The molecule has 1 atom stereocenters. The second kappa shape index (κ2) is 6.05. The van der Waals surface area contributed by atoms with Crippen LogP contribution in [0.4, 0.5) is 0 Å². The monoisotopic (exact) mass is 250 g/mol. The number of likely N-dealkylation sites (tertiary alicyclic amines) is 1. The number of hydrogen-bond acceptors (Lipinski definition) is 3. The summed E-state index contributed by atoms with van der Waals surface area (Å²) >= 11 is 0. The zero-order chi connectivity index (χ0) is 13.0. The Labute approximate surface area is 108 Å². The molecule has 1 aromatic rings. The Balaban J connectivity index is 1.86. The van der Waals surface area contributed by atoms with Crippen LogP contribution in [-0.4, -0.2) is 30.4 Å². The Morgan fingerprint density at radius 2 is 2.28 bits per heavy atom. The maximum atomic E-state index is 12.1. The van der Waals surface area contributed by atoms with Crippen molar-refractivity contribution < 1.29 is 9.21 Å². The summed E-state index contributed by atoms with van der Waals surface area (Å²) in [6.07, 6.45) is 4.52. The van der Waals surface area contributed by atoms with Crippen molar-refractivity contribution in [3.05, 3.63) is 23.7 Å². The van der Waals surface area contributed by atoms with Gasteiger partial charge < -0.3 is 9.73 Å². The number of rotatable bonds is 3. The number of carbonyl (C=O) groups excluding carboxylic acids is 1. The van der Waals surface area contributed by atoms with Crippen molar-refractivity contribution in [2.45, 2.75) is 45.2 Å². The number of hydrogen-bond donors (Lipinski definition) is 1. The van der Waals surface area contributed by atoms with Crippen molar-refractivity contribution in [1.82, 2.24) is 10.2 Å². The van der Waals surface area contributed by atoms with Gasteiger partial charge in [0.25, 0.3) is 0 Å². The van der Waals surface area contributed by atoms with Crippen LogP contribution in [0.5, 0.6) is 0 Å². The Kier molecular flexibility index (Phi) is 4.42. The van der Waals surface area contributed by atoms with E-state index in [0.717, 1.165) is 30.9 Å². The Bertz CT molecular complexity index is 400. The van der Waals surface area contributed by atoms with E-state index in [4.69, 9.17) is 4.42 Å². The summed E-state index contributed by atoms with van der Waals surface area (Å²) in [7, 11) is 2.03. The molecule has 1 saturated heterocycles. The van der Waals surface area contributed by atoms with Crippen molar-refractivity contribution in [2.24, 2.45) is 0 Å². The van der Waals surface area contributed by atoms with Gasteiger partial charge >= 0.3 is 0 Å². The van der Waals surface area contributed by atoms with Gasteiger partial charge in [0.1, 0.15) is 11.5 Å². The van der Waals surface area contributed by atoms with Gasteiger partial charge in [-0.25, -0.2) is 0 Å². The minimum Gasteiger partial charge on any atom is -0.465 e. The van der Waals surface area contributed by atoms with Gasteiger partial charge in [-0.3, -0.25) is 9.69 Å². The quantitative estimate of drug-likeness (QED) is 0.893. The average Bonchev–Trinajstić information content (AvgIpc) is 2.64. The number of aryl methyl sites for hydroxylation is 1. The highest BCUT2D eigenvalue weighted by molar-refractivity contribution is 5.81. The van der Waals surface area contributed by atoms with Crippen LogP contribution < -0.4 is 5.32 Å². The van der Waals surface area contributed by atoms with Gasteiger partial charge in [-0.1, -0.05) is 12.8 Å². The molecular formula is C14H22N2O2. The van der Waals surface area contributed by atoms with Crippen LogP contribution >= 0.6 is 0 Å². The van der Waals surface area contributed by atoms with Crippen LogP contribution in [-0.2, 0) is 11.3 Å². The lowest BCUT2D eigenvalue weighted by Gasteiger charge is -2.24. The van der Waals surface area contributed by atoms with E-state index in [0.29, 0.717) is 6.54 Å². The summed E-state index contributed by atoms with van der Waals surface area (Å²) in [4.78, 5) is 14.3. The lowest BCUT2D eigenvalue weighted by molar-refractivity contribution is -0.126. The SMILES string of the molecule is Cc1ccc(CNC(=O)[C@H]2CCCCCN2C)o1. The second-order valence-electron chi connectivity index (χ2n) is 5.08. The number of nitrogens with one attached hydrogen (secondary N) is 1. The van der Waals surface area contributed by atoms with Crippen molar-refractivity contribution in [2.75, 3.05) is 13.6 Å². The van der Waals surface area contributed by atoms with Crippen LogP contribution in [0.3, 0.4) is 0 Å². The summed E-state index contributed by atoms with van der Waals surface area (Å²) in [6, 6.07) is 3.84. The molecule has 1 aliphatic rings. The van der Waals surface area contributed by atoms with E-state index in [1.165, 1.54) is 12.8 Å². The van der Waals surface area contributed by atoms with Crippen LogP contribution in [0.1, 0.15) is 37.2 Å². The van der Waals surface area contributed by atoms with E-state index >= 15 is 0 Å². The highest BCUT2D eigenvalue weighted by atomic mass is 16.3. The normalized spacial score (nSPS) is 21.6. The Hall–Kier alpha value is -1.29. The molecule has 0 radical (unpaired) electrons. The lowest BCUT2D eigenvalue weighted by atomic mass is 10.1. The van der Waals surface area contributed by atoms with Gasteiger partial charge in [-0.15, -0.1) is 0 Å². The Morgan fingerprint density at radius 1 is 1.44 bits per heavy atom. The predicted octanol–water partition coefficient (Wildman–Crippen LogP) is 2.08. The maximum absolute atomic E-state index is 12.1. The number of likely N-dealkylation sites (N-methyl/N-ethyl adjacent to an activating group) is 1. The fourth-order valence-electron chi connectivity index (χ4n) is 2.46. The molecule has 0 aromatic carbocycles. The molecular weight excluding hydrogens is 228 g/mol. The molecule has 0 unspecified atom stereocenters. The second-order valence-corrected chi connectivity index (χ2v) is 5.08. The maximum Gasteiger partial charge on any atom is 0.237 e. The minimum atomic E-state index is 0.0172. The minimum absolute atomic E-state index is 0.0172. The first-order valence-corrected chi connectivity index (χ1v) is 6.70. The molecule has 4 nitrogen and oxygen atoms in total. The molecule has 4 heteroatoms. The topological polar surface area (TPSA) is 45.5 Å². The molecule has 2 rings (SSSR count). The molecule has 2 heterocycles. The summed E-state index contributed by atoms with van der Waals surface area (Å²) in [6.45, 7) is 3.40. The molecule has 0 bridgehead atoms. The van der Waals surface area contributed by atoms with Gasteiger partial charge in [-0.2, -0.15) is 0 Å². The number of furan rings is 1. The molecule has 1 fully saturated rings. The van der Waals surface area contributed by atoms with E-state index in [1.807, 2.05) is 26.1 Å². The number of carbonyl (C=O) groups is 1. The van der Waals surface area contributed by atoms with E-state index < -0.39 is 0 Å². The molecule has 1 aromatic heterocycles. The molecule has 100 valence electrons. The first-order valence-electron chi connectivity index (χ1n) is 6.70. The first kappa shape index (κ1) is 13.1. The van der Waals surface area contributed by atoms with Crippen molar-refractivity contribution in [3.63, 3.8) is 0 Å². The molecule has 0 spiro atoms. The van der Waals surface area contributed by atoms with Gasteiger partial charge in [0.05, 0.1) is 12.6 Å². The number of amides is 1. The number of nitrogens with zero attached hydrogens (tertiary/aromatic N) is 1. The fourth-order valence-corrected chi connectivity index (χ4v) is 2.46. The smallest absolute Gasteiger partial charge is 0.237 e. The summed E-state index contributed by atoms with van der Waals surface area (Å²) in [5.74, 6) is 1.82. The molecule has 1 aliphatic heterocycles. The standard InChI is InChI=1S/C14H22N2O2/c1-11-7-8-12(18-11)10-15-14(17)13-6-4-3-5-9-16(13)2/h7-8,13H,3-6,9-10H2,1-2H3,(H,15,17)/t13-/m1/s1. The summed E-state index contributed by atoms with van der Waals surface area (Å²) in [5.41, 5.74) is 0. The highest BCUT2D eigenvalue weighted by Gasteiger charge is 2.24. The Morgan fingerprint density at radius 3 is 3.00 bits per heavy atom. The van der Waals surface area contributed by atoms with Crippen LogP contribution in [0.15, 0.2) is 16.5 Å². The summed E-state index contributed by atoms with van der Waals surface area (Å²) < 4.78 is 5.44. The van der Waals surface area contributed by atoms with E-state index in [2.05, 4.69) is 10.2 Å². The third-order valence-electron chi connectivity index (χ3n) is 3.56. The van der Waals surface area contributed by atoms with Crippen LogP contribution in [0.2, 0.25) is 0 Å². The zero-order valence-electron chi connectivity index (χ0n) is 11.2. The van der Waals surface area contributed by atoms with Gasteiger partial charge in [0.15, 0.2) is 0 Å². The third kappa shape index (κ3) is 3.35. The van der Waals surface area contributed by atoms with Gasteiger partial charge in [-0.05, 0) is 45.5 Å². The van der Waals surface area contributed by atoms with Crippen LogP contribution in [0, 0.1) is 6.92 Å². The van der Waals surface area contributed by atoms with Gasteiger partial charge in [0, 0.05) is 0 Å². The molecule has 0 aliphatic carbocycles. The third-order valence-corrected chi connectivity index (χ3v) is 3.56.